The molecule has 1 aromatic rings. The molecule has 0 heterocycles. The van der Waals surface area contributed by atoms with Crippen LogP contribution in [0.25, 0.3) is 0 Å². The van der Waals surface area contributed by atoms with E-state index in [1.807, 2.05) is 0 Å². The van der Waals surface area contributed by atoms with Gasteiger partial charge in [-0.05, 0) is 18.7 Å². The molecule has 1 unspecified atom stereocenters. The van der Waals surface area contributed by atoms with Gasteiger partial charge in [0.25, 0.3) is 0 Å². The van der Waals surface area contributed by atoms with Gasteiger partial charge in [0.1, 0.15) is 0 Å². The summed E-state index contributed by atoms with van der Waals surface area (Å²) < 4.78 is 13.2. The molecule has 0 radical (unpaired) electrons. The highest BCUT2D eigenvalue weighted by Crippen LogP contribution is 2.23. The lowest BCUT2D eigenvalue weighted by atomic mass is 10.1. The van der Waals surface area contributed by atoms with Crippen molar-refractivity contribution in [1.29, 1.82) is 0 Å². The quantitative estimate of drug-likeness (QED) is 0.576. The van der Waals surface area contributed by atoms with Crippen LogP contribution in [-0.2, 0) is 4.79 Å². The summed E-state index contributed by atoms with van der Waals surface area (Å²) in [6, 6.07) is 3.16. The van der Waals surface area contributed by atoms with Crippen molar-refractivity contribution < 1.29 is 24.3 Å². The van der Waals surface area contributed by atoms with E-state index in [2.05, 4.69) is 0 Å². The van der Waals surface area contributed by atoms with Gasteiger partial charge in [0.15, 0.2) is 0 Å². The topological polar surface area (TPSA) is 104 Å². The van der Waals surface area contributed by atoms with Gasteiger partial charge in [-0.15, -0.1) is 0 Å². The van der Waals surface area contributed by atoms with Crippen LogP contribution in [0.15, 0.2) is 18.2 Å². The summed E-state index contributed by atoms with van der Waals surface area (Å²) in [5.74, 6) is -1.92. The average Bonchev–Trinajstić information content (AvgIpc) is 2.36. The molecule has 0 bridgehead atoms. The number of aliphatic carboxylic acids is 1. The minimum atomic E-state index is -1.06. The number of aliphatic hydroxyl groups is 1. The molecule has 0 aliphatic carbocycles. The molecule has 0 aliphatic heterocycles. The van der Waals surface area contributed by atoms with E-state index in [1.165, 1.54) is 6.07 Å². The molecule has 20 heavy (non-hydrogen) atoms. The van der Waals surface area contributed by atoms with Gasteiger partial charge in [-0.1, -0.05) is 6.07 Å². The predicted molar refractivity (Wildman–Crippen MR) is 67.8 cm³/mol. The number of carboxylic acid groups (broad SMARTS) is 1. The van der Waals surface area contributed by atoms with Crippen molar-refractivity contribution in [2.45, 2.75) is 12.5 Å². The second-order valence-electron chi connectivity index (χ2n) is 4.39. The minimum absolute atomic E-state index is 0.0766. The molecule has 0 fully saturated rings. The van der Waals surface area contributed by atoms with Crippen molar-refractivity contribution in [3.63, 3.8) is 0 Å². The Labute approximate surface area is 114 Å². The fraction of sp³-hybridized carbons (Fsp3) is 0.417. The van der Waals surface area contributed by atoms with Gasteiger partial charge in [-0.2, -0.15) is 4.39 Å². The molecule has 7 nitrogen and oxygen atoms in total. The number of hydrogen-bond acceptors (Lipinski definition) is 5. The van der Waals surface area contributed by atoms with Crippen molar-refractivity contribution in [2.75, 3.05) is 20.1 Å². The maximum atomic E-state index is 13.2. The number of carboxylic acids is 1. The lowest BCUT2D eigenvalue weighted by Crippen LogP contribution is -2.27. The van der Waals surface area contributed by atoms with Gasteiger partial charge in [-0.3, -0.25) is 14.9 Å². The number of benzene rings is 1. The van der Waals surface area contributed by atoms with E-state index in [-0.39, 0.29) is 25.1 Å². The van der Waals surface area contributed by atoms with Gasteiger partial charge >= 0.3 is 11.7 Å². The lowest BCUT2D eigenvalue weighted by Gasteiger charge is -2.19. The Morgan fingerprint density at radius 2 is 2.20 bits per heavy atom. The number of likely N-dealkylation sites (N-methyl/N-ethyl adjacent to an activating group) is 1. The van der Waals surface area contributed by atoms with Crippen LogP contribution < -0.4 is 0 Å². The van der Waals surface area contributed by atoms with Crippen LogP contribution >= 0.6 is 0 Å². The zero-order valence-electron chi connectivity index (χ0n) is 10.8. The fourth-order valence-corrected chi connectivity index (χ4v) is 1.66. The molecule has 0 aliphatic rings. The molecule has 0 spiro atoms. The van der Waals surface area contributed by atoms with Gasteiger partial charge < -0.3 is 15.1 Å². The number of carbonyl (C=O) groups is 1. The van der Waals surface area contributed by atoms with Gasteiger partial charge in [0, 0.05) is 19.2 Å². The average molecular weight is 286 g/mol. The second kappa shape index (κ2) is 6.92. The number of aliphatic hydroxyl groups excluding tert-OH is 1. The Morgan fingerprint density at radius 1 is 1.55 bits per heavy atom. The fourth-order valence-electron chi connectivity index (χ4n) is 1.66. The van der Waals surface area contributed by atoms with Crippen molar-refractivity contribution in [1.82, 2.24) is 4.90 Å². The summed E-state index contributed by atoms with van der Waals surface area (Å²) in [5, 5.41) is 29.1. The summed E-state index contributed by atoms with van der Waals surface area (Å²) in [5.41, 5.74) is -0.491. The van der Waals surface area contributed by atoms with E-state index in [9.17, 15) is 24.4 Å². The summed E-state index contributed by atoms with van der Waals surface area (Å²) >= 11 is 0. The summed E-state index contributed by atoms with van der Waals surface area (Å²) in [7, 11) is 1.62. The van der Waals surface area contributed by atoms with Crippen LogP contribution in [-0.4, -0.2) is 46.1 Å². The lowest BCUT2D eigenvalue weighted by molar-refractivity contribution is -0.387. The summed E-state index contributed by atoms with van der Waals surface area (Å²) in [6.45, 7) is 0.325. The third-order valence-corrected chi connectivity index (χ3v) is 2.74. The molecule has 1 rings (SSSR count). The standard InChI is InChI=1S/C12H15FN2O5/c1-14(5-4-12(17)18)7-11(16)8-2-3-9(13)10(6-8)15(19)20/h2-3,6,11,16H,4-5,7H2,1H3,(H,17,18). The number of hydrogen-bond donors (Lipinski definition) is 2. The number of rotatable bonds is 7. The van der Waals surface area contributed by atoms with E-state index < -0.39 is 28.5 Å². The first-order chi connectivity index (χ1) is 9.31. The molecule has 1 aromatic carbocycles. The SMILES string of the molecule is CN(CCC(=O)O)CC(O)c1ccc(F)c([N+](=O)[O-])c1. The Hall–Kier alpha value is -2.06. The maximum absolute atomic E-state index is 13.2. The monoisotopic (exact) mass is 286 g/mol. The van der Waals surface area contributed by atoms with Crippen LogP contribution in [0.1, 0.15) is 18.1 Å². The Balaban J connectivity index is 2.72. The Kier molecular flexibility index (Phi) is 5.53. The molecule has 2 N–H and O–H groups in total. The van der Waals surface area contributed by atoms with Gasteiger partial charge in [0.05, 0.1) is 17.4 Å². The van der Waals surface area contributed by atoms with Crippen molar-refractivity contribution in [3.8, 4) is 0 Å². The highest BCUT2D eigenvalue weighted by atomic mass is 19.1. The third-order valence-electron chi connectivity index (χ3n) is 2.74. The normalized spacial score (nSPS) is 12.4. The Bertz CT molecular complexity index is 509. The molecule has 8 heteroatoms. The van der Waals surface area contributed by atoms with E-state index in [4.69, 9.17) is 5.11 Å². The minimum Gasteiger partial charge on any atom is -0.481 e. The van der Waals surface area contributed by atoms with E-state index >= 15 is 0 Å². The van der Waals surface area contributed by atoms with Crippen LogP contribution in [0.5, 0.6) is 0 Å². The van der Waals surface area contributed by atoms with Crippen LogP contribution in [0.2, 0.25) is 0 Å². The first kappa shape index (κ1) is 16.0. The highest BCUT2D eigenvalue weighted by Gasteiger charge is 2.18. The Morgan fingerprint density at radius 3 is 2.75 bits per heavy atom. The molecule has 110 valence electrons. The predicted octanol–water partition coefficient (Wildman–Crippen LogP) is 1.17. The van der Waals surface area contributed by atoms with E-state index in [1.54, 1.807) is 11.9 Å². The molecule has 0 aromatic heterocycles. The molecular formula is C12H15FN2O5. The first-order valence-corrected chi connectivity index (χ1v) is 5.83. The smallest absolute Gasteiger partial charge is 0.305 e. The number of nitrogens with zero attached hydrogens (tertiary/aromatic N) is 2. The second-order valence-corrected chi connectivity index (χ2v) is 4.39. The van der Waals surface area contributed by atoms with Crippen molar-refractivity contribution in [2.24, 2.45) is 0 Å². The number of nitro groups is 1. The first-order valence-electron chi connectivity index (χ1n) is 5.83. The number of halogens is 1. The van der Waals surface area contributed by atoms with Crippen LogP contribution in [0.4, 0.5) is 10.1 Å². The van der Waals surface area contributed by atoms with Gasteiger partial charge in [-0.25, -0.2) is 0 Å². The zero-order chi connectivity index (χ0) is 15.3. The van der Waals surface area contributed by atoms with Crippen molar-refractivity contribution in [3.05, 3.63) is 39.7 Å². The van der Waals surface area contributed by atoms with Crippen molar-refractivity contribution >= 4 is 11.7 Å². The number of nitro benzene ring substituents is 1. The largest absolute Gasteiger partial charge is 0.481 e. The highest BCUT2D eigenvalue weighted by molar-refractivity contribution is 5.66. The third kappa shape index (κ3) is 4.56. The molecular weight excluding hydrogens is 271 g/mol. The summed E-state index contributed by atoms with van der Waals surface area (Å²) in [4.78, 5) is 21.7. The van der Waals surface area contributed by atoms with E-state index in [0.717, 1.165) is 12.1 Å². The molecule has 0 saturated heterocycles. The van der Waals surface area contributed by atoms with E-state index in [0.29, 0.717) is 0 Å². The molecule has 0 saturated carbocycles. The van der Waals surface area contributed by atoms with Crippen LogP contribution in [0.3, 0.4) is 0 Å². The van der Waals surface area contributed by atoms with Crippen LogP contribution in [0, 0.1) is 15.9 Å². The maximum Gasteiger partial charge on any atom is 0.305 e. The molecule has 1 atom stereocenters. The van der Waals surface area contributed by atoms with Gasteiger partial charge in [0.2, 0.25) is 5.82 Å². The summed E-state index contributed by atoms with van der Waals surface area (Å²) in [6.07, 6.45) is -1.14. The zero-order valence-corrected chi connectivity index (χ0v) is 10.8. The molecule has 0 amide bonds.